The molecule has 0 aromatic carbocycles. The first-order chi connectivity index (χ1) is 10.6. The van der Waals surface area contributed by atoms with Crippen molar-refractivity contribution in [2.45, 2.75) is 51.9 Å². The van der Waals surface area contributed by atoms with Crippen molar-refractivity contribution in [3.05, 3.63) is 29.2 Å². The number of hydrogen-bond acceptors (Lipinski definition) is 5. The molecule has 4 atom stereocenters. The fraction of sp³-hybridized carbons (Fsp3) is 0.667. The number of Topliss-reactive ketones (excluding diaryl/α,β-unsaturated/α-hetero) is 1. The molecule has 2 aliphatic rings. The van der Waals surface area contributed by atoms with Crippen molar-refractivity contribution in [2.75, 3.05) is 14.1 Å². The van der Waals surface area contributed by atoms with Gasteiger partial charge in [-0.05, 0) is 40.8 Å². The third-order valence-electron chi connectivity index (χ3n) is 5.86. The van der Waals surface area contributed by atoms with Gasteiger partial charge < -0.3 is 9.26 Å². The minimum Gasteiger partial charge on any atom is -0.358 e. The van der Waals surface area contributed by atoms with Crippen molar-refractivity contribution in [1.29, 1.82) is 0 Å². The Bertz CT molecular complexity index is 674. The number of fused-ring (bicyclic) bond motifs is 1. The van der Waals surface area contributed by atoms with Crippen molar-refractivity contribution < 1.29 is 14.1 Å². The van der Waals surface area contributed by atoms with Crippen LogP contribution in [0.5, 0.6) is 0 Å². The van der Waals surface area contributed by atoms with Gasteiger partial charge in [0.25, 0.3) is 0 Å². The molecule has 3 rings (SSSR count). The number of carbonyl (C=O) groups excluding carboxylic acids is 1. The molecule has 1 saturated heterocycles. The van der Waals surface area contributed by atoms with Crippen molar-refractivity contribution in [3.8, 4) is 0 Å². The predicted octanol–water partition coefficient (Wildman–Crippen LogP) is 2.94. The summed E-state index contributed by atoms with van der Waals surface area (Å²) in [4.78, 5) is 15.4. The summed E-state index contributed by atoms with van der Waals surface area (Å²) in [5.74, 6) is 1.07. The maximum atomic E-state index is 13.4. The minimum atomic E-state index is -0.748. The van der Waals surface area contributed by atoms with Crippen molar-refractivity contribution in [2.24, 2.45) is 11.8 Å². The number of carbonyl (C=O) groups is 1. The van der Waals surface area contributed by atoms with E-state index in [1.54, 1.807) is 0 Å². The molecule has 23 heavy (non-hydrogen) atoms. The first kappa shape index (κ1) is 16.4. The van der Waals surface area contributed by atoms with E-state index in [0.29, 0.717) is 22.9 Å². The molecule has 0 amide bonds. The molecule has 5 nitrogen and oxygen atoms in total. The Balaban J connectivity index is 2.06. The smallest absolute Gasteiger partial charge is 0.203 e. The Morgan fingerprint density at radius 3 is 2.57 bits per heavy atom. The molecule has 1 aliphatic heterocycles. The van der Waals surface area contributed by atoms with Crippen LogP contribution in [0.4, 0.5) is 0 Å². The lowest BCUT2D eigenvalue weighted by atomic mass is 9.73. The molecular weight excluding hydrogens is 292 g/mol. The Hall–Kier alpha value is -1.46. The van der Waals surface area contributed by atoms with Gasteiger partial charge in [0.05, 0.1) is 16.8 Å². The highest BCUT2D eigenvalue weighted by Crippen LogP contribution is 2.53. The largest absolute Gasteiger partial charge is 0.358 e. The normalized spacial score (nSPS) is 33.0. The Morgan fingerprint density at radius 2 is 1.96 bits per heavy atom. The third kappa shape index (κ3) is 2.13. The Labute approximate surface area is 137 Å². The van der Waals surface area contributed by atoms with Crippen molar-refractivity contribution in [1.82, 2.24) is 10.1 Å². The standard InChI is InChI=1S/C18H26N2O3/c1-10-8-9-13-18(22-13,11(10)2)15(21)14-12(3)19-23-16(14)17(4,5)20(6)7/h8-11,13H,1-7H3/t10-,11-,13+,18-/m1/s1. The van der Waals surface area contributed by atoms with E-state index in [9.17, 15) is 4.79 Å². The first-order valence-electron chi connectivity index (χ1n) is 8.19. The number of hydrogen-bond donors (Lipinski definition) is 0. The number of allylic oxidation sites excluding steroid dienone is 1. The third-order valence-corrected chi connectivity index (χ3v) is 5.86. The molecule has 0 unspecified atom stereocenters. The van der Waals surface area contributed by atoms with Crippen LogP contribution < -0.4 is 0 Å². The number of nitrogens with zero attached hydrogens (tertiary/aromatic N) is 2. The van der Waals surface area contributed by atoms with Crippen LogP contribution in [0.3, 0.4) is 0 Å². The molecule has 0 saturated carbocycles. The van der Waals surface area contributed by atoms with Crippen molar-refractivity contribution >= 4 is 5.78 Å². The minimum absolute atomic E-state index is 0.00914. The maximum absolute atomic E-state index is 13.4. The molecule has 0 spiro atoms. The molecule has 1 aromatic rings. The number of aryl methyl sites for hydroxylation is 1. The monoisotopic (exact) mass is 318 g/mol. The van der Waals surface area contributed by atoms with E-state index in [4.69, 9.17) is 9.26 Å². The van der Waals surface area contributed by atoms with E-state index < -0.39 is 11.1 Å². The van der Waals surface area contributed by atoms with E-state index in [-0.39, 0.29) is 17.8 Å². The Kier molecular flexibility index (Phi) is 3.58. The summed E-state index contributed by atoms with van der Waals surface area (Å²) in [5.41, 5.74) is 0.0485. The van der Waals surface area contributed by atoms with Crippen LogP contribution in [0.25, 0.3) is 0 Å². The molecule has 2 heterocycles. The molecule has 126 valence electrons. The zero-order chi connectivity index (χ0) is 17.2. The first-order valence-corrected chi connectivity index (χ1v) is 8.19. The molecule has 1 aromatic heterocycles. The summed E-state index contributed by atoms with van der Waals surface area (Å²) in [5, 5.41) is 4.08. The summed E-state index contributed by atoms with van der Waals surface area (Å²) >= 11 is 0. The lowest BCUT2D eigenvalue weighted by Crippen LogP contribution is -2.42. The van der Waals surface area contributed by atoms with E-state index in [1.807, 2.05) is 45.8 Å². The van der Waals surface area contributed by atoms with E-state index in [2.05, 4.69) is 25.1 Å². The summed E-state index contributed by atoms with van der Waals surface area (Å²) in [6, 6.07) is 0. The Morgan fingerprint density at radius 1 is 1.30 bits per heavy atom. The average molecular weight is 318 g/mol. The second kappa shape index (κ2) is 5.02. The summed E-state index contributed by atoms with van der Waals surface area (Å²) in [6.07, 6.45) is 4.03. The van der Waals surface area contributed by atoms with E-state index in [1.165, 1.54) is 0 Å². The number of ether oxygens (including phenoxy) is 1. The summed E-state index contributed by atoms with van der Waals surface area (Å²) < 4.78 is 11.5. The van der Waals surface area contributed by atoms with E-state index >= 15 is 0 Å². The number of epoxide rings is 1. The van der Waals surface area contributed by atoms with Crippen LogP contribution in [-0.2, 0) is 10.3 Å². The van der Waals surface area contributed by atoms with Gasteiger partial charge in [-0.1, -0.05) is 31.2 Å². The average Bonchev–Trinajstić information content (AvgIpc) is 3.11. The second-order valence-electron chi connectivity index (χ2n) is 7.62. The summed E-state index contributed by atoms with van der Waals surface area (Å²) in [6.45, 7) is 10.1. The fourth-order valence-electron chi connectivity index (χ4n) is 3.40. The SMILES string of the molecule is Cc1noc(C(C)(C)N(C)C)c1C(=O)[C@]12O[C@H]1C=C[C@@H](C)[C@H]2C. The van der Waals surface area contributed by atoms with Crippen LogP contribution >= 0.6 is 0 Å². The van der Waals surface area contributed by atoms with Gasteiger partial charge in [-0.3, -0.25) is 9.69 Å². The second-order valence-corrected chi connectivity index (χ2v) is 7.62. The number of ketones is 1. The van der Waals surface area contributed by atoms with Crippen LogP contribution in [0.15, 0.2) is 16.7 Å². The quantitative estimate of drug-likeness (QED) is 0.485. The van der Waals surface area contributed by atoms with Gasteiger partial charge in [-0.2, -0.15) is 0 Å². The highest BCUT2D eigenvalue weighted by Gasteiger charge is 2.67. The topological polar surface area (TPSA) is 58.9 Å². The number of rotatable bonds is 4. The lowest BCUT2D eigenvalue weighted by Gasteiger charge is -2.31. The summed E-state index contributed by atoms with van der Waals surface area (Å²) in [7, 11) is 3.93. The molecular formula is C18H26N2O3. The van der Waals surface area contributed by atoms with Gasteiger partial charge >= 0.3 is 0 Å². The van der Waals surface area contributed by atoms with E-state index in [0.717, 1.165) is 0 Å². The molecule has 0 radical (unpaired) electrons. The molecule has 1 aliphatic carbocycles. The van der Waals surface area contributed by atoms with Gasteiger partial charge in [0.15, 0.2) is 11.4 Å². The van der Waals surface area contributed by atoms with Crippen molar-refractivity contribution in [3.63, 3.8) is 0 Å². The molecule has 0 bridgehead atoms. The van der Waals surface area contributed by atoms with Gasteiger partial charge in [-0.15, -0.1) is 0 Å². The van der Waals surface area contributed by atoms with Gasteiger partial charge in [0.1, 0.15) is 6.10 Å². The van der Waals surface area contributed by atoms with Crippen LogP contribution in [0.1, 0.15) is 49.5 Å². The predicted molar refractivity (Wildman–Crippen MR) is 87.4 cm³/mol. The van der Waals surface area contributed by atoms with Gasteiger partial charge in [0.2, 0.25) is 5.78 Å². The van der Waals surface area contributed by atoms with Gasteiger partial charge in [0, 0.05) is 5.92 Å². The van der Waals surface area contributed by atoms with Crippen LogP contribution in [0, 0.1) is 18.8 Å². The molecule has 5 heteroatoms. The van der Waals surface area contributed by atoms with Crippen LogP contribution in [-0.4, -0.2) is 41.6 Å². The number of aromatic nitrogens is 1. The zero-order valence-corrected chi connectivity index (χ0v) is 15.0. The molecule has 1 fully saturated rings. The molecule has 0 N–H and O–H groups in total. The van der Waals surface area contributed by atoms with Crippen LogP contribution in [0.2, 0.25) is 0 Å². The fourth-order valence-corrected chi connectivity index (χ4v) is 3.40. The lowest BCUT2D eigenvalue weighted by molar-refractivity contribution is 0.0771. The zero-order valence-electron chi connectivity index (χ0n) is 15.0. The van der Waals surface area contributed by atoms with Gasteiger partial charge in [-0.25, -0.2) is 0 Å². The highest BCUT2D eigenvalue weighted by atomic mass is 16.6. The highest BCUT2D eigenvalue weighted by molar-refractivity contribution is 6.07. The maximum Gasteiger partial charge on any atom is 0.203 e.